The molecule has 2 atom stereocenters. The Hall–Kier alpha value is -2.20. The van der Waals surface area contributed by atoms with Crippen LogP contribution in [-0.2, 0) is 13.5 Å². The Morgan fingerprint density at radius 3 is 2.64 bits per heavy atom. The standard InChI is InChI=1S/C23H29F3N6S/c1-15(2)19(16-10-29-30(3)11-16)31-6-4-22(12-31)5-7-32(13-22)20-18-8-17(9-23(24,25)26)33-21(18)28-14-27-20/h8,10-11,14-15,19H,4-7,9,12-13H2,1-3H3/t19-,22-/m0/s1. The highest BCUT2D eigenvalue weighted by Gasteiger charge is 2.46. The van der Waals surface area contributed by atoms with Crippen molar-refractivity contribution in [3.05, 3.63) is 35.2 Å². The highest BCUT2D eigenvalue weighted by Crippen LogP contribution is 2.45. The van der Waals surface area contributed by atoms with Crippen LogP contribution in [0.5, 0.6) is 0 Å². The third kappa shape index (κ3) is 4.47. The molecule has 10 heteroatoms. The molecule has 0 aromatic carbocycles. The van der Waals surface area contributed by atoms with Crippen LogP contribution in [0.15, 0.2) is 24.8 Å². The van der Waals surface area contributed by atoms with Gasteiger partial charge in [0.05, 0.1) is 18.0 Å². The Morgan fingerprint density at radius 1 is 1.15 bits per heavy atom. The van der Waals surface area contributed by atoms with Crippen LogP contribution >= 0.6 is 11.3 Å². The SMILES string of the molecule is CC(C)[C@@H](c1cnn(C)c1)N1CC[C@]2(CCN(c3ncnc4sc(CC(F)(F)F)cc34)C2)C1. The van der Waals surface area contributed by atoms with E-state index in [9.17, 15) is 13.2 Å². The second-order valence-corrected chi connectivity index (χ2v) is 11.1. The number of aromatic nitrogens is 4. The van der Waals surface area contributed by atoms with Crippen molar-refractivity contribution in [3.63, 3.8) is 0 Å². The average Bonchev–Trinajstić information content (AvgIpc) is 3.49. The van der Waals surface area contributed by atoms with Gasteiger partial charge in [-0.25, -0.2) is 9.97 Å². The summed E-state index contributed by atoms with van der Waals surface area (Å²) in [4.78, 5) is 14.5. The Labute approximate surface area is 195 Å². The van der Waals surface area contributed by atoms with Gasteiger partial charge in [-0.1, -0.05) is 13.8 Å². The van der Waals surface area contributed by atoms with Crippen LogP contribution in [-0.4, -0.2) is 57.0 Å². The lowest BCUT2D eigenvalue weighted by molar-refractivity contribution is -0.126. The van der Waals surface area contributed by atoms with Crippen molar-refractivity contribution < 1.29 is 13.2 Å². The maximum atomic E-state index is 12.9. The number of anilines is 1. The maximum absolute atomic E-state index is 12.9. The van der Waals surface area contributed by atoms with E-state index in [1.807, 2.05) is 17.9 Å². The van der Waals surface area contributed by atoms with Crippen molar-refractivity contribution in [3.8, 4) is 0 Å². The maximum Gasteiger partial charge on any atom is 0.393 e. The van der Waals surface area contributed by atoms with E-state index in [2.05, 4.69) is 44.9 Å². The summed E-state index contributed by atoms with van der Waals surface area (Å²) in [6.07, 6.45) is 2.61. The molecule has 0 radical (unpaired) electrons. The first kappa shape index (κ1) is 22.6. The third-order valence-corrected chi connectivity index (χ3v) is 8.07. The average molecular weight is 479 g/mol. The predicted molar refractivity (Wildman–Crippen MR) is 123 cm³/mol. The number of fused-ring (bicyclic) bond motifs is 1. The van der Waals surface area contributed by atoms with Gasteiger partial charge in [0.1, 0.15) is 17.0 Å². The monoisotopic (exact) mass is 478 g/mol. The van der Waals surface area contributed by atoms with Crippen LogP contribution in [0.4, 0.5) is 19.0 Å². The molecular formula is C23H29F3N6S. The number of halogens is 3. The molecule has 5 heterocycles. The number of hydrogen-bond acceptors (Lipinski definition) is 6. The number of rotatable bonds is 5. The van der Waals surface area contributed by atoms with Gasteiger partial charge in [0, 0.05) is 54.8 Å². The zero-order chi connectivity index (χ0) is 23.4. The largest absolute Gasteiger partial charge is 0.393 e. The fourth-order valence-corrected chi connectivity index (χ4v) is 6.72. The summed E-state index contributed by atoms with van der Waals surface area (Å²) in [7, 11) is 1.95. The summed E-state index contributed by atoms with van der Waals surface area (Å²) in [6.45, 7) is 8.31. The van der Waals surface area contributed by atoms with E-state index in [-0.39, 0.29) is 10.3 Å². The van der Waals surface area contributed by atoms with E-state index in [0.29, 0.717) is 16.8 Å². The number of hydrogen-bond donors (Lipinski definition) is 0. The van der Waals surface area contributed by atoms with Crippen LogP contribution in [0.3, 0.4) is 0 Å². The summed E-state index contributed by atoms with van der Waals surface area (Å²) in [5.74, 6) is 1.24. The molecule has 2 fully saturated rings. The molecule has 0 saturated carbocycles. The van der Waals surface area contributed by atoms with E-state index in [1.54, 1.807) is 6.07 Å². The Kier molecular flexibility index (Phi) is 5.63. The van der Waals surface area contributed by atoms with Crippen molar-refractivity contribution in [2.24, 2.45) is 18.4 Å². The predicted octanol–water partition coefficient (Wildman–Crippen LogP) is 4.83. The van der Waals surface area contributed by atoms with E-state index in [0.717, 1.165) is 61.6 Å². The van der Waals surface area contributed by atoms with E-state index < -0.39 is 12.6 Å². The first-order valence-electron chi connectivity index (χ1n) is 11.4. The molecule has 0 N–H and O–H groups in total. The van der Waals surface area contributed by atoms with Crippen molar-refractivity contribution in [2.75, 3.05) is 31.1 Å². The van der Waals surface area contributed by atoms with Gasteiger partial charge in [-0.05, 0) is 31.4 Å². The number of aryl methyl sites for hydroxylation is 1. The molecule has 2 saturated heterocycles. The first-order valence-corrected chi connectivity index (χ1v) is 12.2. The van der Waals surface area contributed by atoms with Crippen molar-refractivity contribution in [1.29, 1.82) is 0 Å². The molecule has 0 bridgehead atoms. The summed E-state index contributed by atoms with van der Waals surface area (Å²) in [5.41, 5.74) is 1.43. The topological polar surface area (TPSA) is 50.1 Å². The molecule has 0 aliphatic carbocycles. The van der Waals surface area contributed by atoms with Crippen LogP contribution in [0, 0.1) is 11.3 Å². The zero-order valence-corrected chi connectivity index (χ0v) is 20.0. The lowest BCUT2D eigenvalue weighted by Crippen LogP contribution is -2.34. The number of likely N-dealkylation sites (tertiary alicyclic amines) is 1. The highest BCUT2D eigenvalue weighted by molar-refractivity contribution is 7.18. The van der Waals surface area contributed by atoms with Crippen molar-refractivity contribution >= 4 is 27.4 Å². The van der Waals surface area contributed by atoms with E-state index >= 15 is 0 Å². The molecular weight excluding hydrogens is 449 g/mol. The normalized spacial score (nSPS) is 22.9. The lowest BCUT2D eigenvalue weighted by atomic mass is 9.86. The third-order valence-electron chi connectivity index (χ3n) is 7.03. The Bertz CT molecular complexity index is 1140. The van der Waals surface area contributed by atoms with E-state index in [1.165, 1.54) is 11.9 Å². The van der Waals surface area contributed by atoms with Gasteiger partial charge in [-0.3, -0.25) is 9.58 Å². The lowest BCUT2D eigenvalue weighted by Gasteiger charge is -2.32. The van der Waals surface area contributed by atoms with Gasteiger partial charge < -0.3 is 4.90 Å². The number of thiophene rings is 1. The molecule has 1 spiro atoms. The van der Waals surface area contributed by atoms with Gasteiger partial charge >= 0.3 is 6.18 Å². The van der Waals surface area contributed by atoms with Gasteiger partial charge in [-0.2, -0.15) is 18.3 Å². The molecule has 6 nitrogen and oxygen atoms in total. The van der Waals surface area contributed by atoms with E-state index in [4.69, 9.17) is 0 Å². The molecule has 3 aromatic heterocycles. The Morgan fingerprint density at radius 2 is 1.94 bits per heavy atom. The van der Waals surface area contributed by atoms with Gasteiger partial charge in [0.2, 0.25) is 0 Å². The quantitative estimate of drug-likeness (QED) is 0.526. The second-order valence-electron chi connectivity index (χ2n) is 9.95. The van der Waals surface area contributed by atoms with Crippen LogP contribution in [0.25, 0.3) is 10.2 Å². The summed E-state index contributed by atoms with van der Waals surface area (Å²) in [5, 5.41) is 5.12. The molecule has 2 aliphatic heterocycles. The van der Waals surface area contributed by atoms with Gasteiger partial charge in [-0.15, -0.1) is 11.3 Å². The minimum atomic E-state index is -4.22. The number of nitrogens with zero attached hydrogens (tertiary/aromatic N) is 6. The summed E-state index contributed by atoms with van der Waals surface area (Å²) >= 11 is 1.11. The Balaban J connectivity index is 1.35. The molecule has 178 valence electrons. The smallest absolute Gasteiger partial charge is 0.355 e. The fraction of sp³-hybridized carbons (Fsp3) is 0.609. The molecule has 0 unspecified atom stereocenters. The van der Waals surface area contributed by atoms with Gasteiger partial charge in [0.15, 0.2) is 0 Å². The first-order chi connectivity index (χ1) is 15.6. The molecule has 5 rings (SSSR count). The molecule has 0 amide bonds. The number of alkyl halides is 3. The van der Waals surface area contributed by atoms with Crippen LogP contribution < -0.4 is 4.90 Å². The van der Waals surface area contributed by atoms with Crippen molar-refractivity contribution in [1.82, 2.24) is 24.6 Å². The second kappa shape index (κ2) is 8.23. The molecule has 33 heavy (non-hydrogen) atoms. The molecule has 2 aliphatic rings. The molecule has 3 aromatic rings. The summed E-state index contributed by atoms with van der Waals surface area (Å²) in [6, 6.07) is 1.96. The van der Waals surface area contributed by atoms with Crippen LogP contribution in [0.2, 0.25) is 0 Å². The fourth-order valence-electron chi connectivity index (χ4n) is 5.70. The zero-order valence-electron chi connectivity index (χ0n) is 19.1. The minimum absolute atomic E-state index is 0.178. The van der Waals surface area contributed by atoms with Gasteiger partial charge in [0.25, 0.3) is 0 Å². The summed E-state index contributed by atoms with van der Waals surface area (Å²) < 4.78 is 40.6. The minimum Gasteiger partial charge on any atom is -0.355 e. The van der Waals surface area contributed by atoms with Crippen LogP contribution in [0.1, 0.15) is 43.2 Å². The highest BCUT2D eigenvalue weighted by atomic mass is 32.1. The van der Waals surface area contributed by atoms with Crippen molar-refractivity contribution in [2.45, 2.75) is 45.3 Å².